The Labute approximate surface area is 190 Å². The normalized spacial score (nSPS) is 23.4. The van der Waals surface area contributed by atoms with Crippen molar-refractivity contribution in [2.45, 2.75) is 57.3 Å². The van der Waals surface area contributed by atoms with E-state index >= 15 is 0 Å². The van der Waals surface area contributed by atoms with Gasteiger partial charge in [0, 0.05) is 37.3 Å². The number of alkyl halides is 3. The van der Waals surface area contributed by atoms with Crippen LogP contribution < -0.4 is 5.73 Å². The van der Waals surface area contributed by atoms with Crippen LogP contribution in [0.5, 0.6) is 0 Å². The number of aromatic nitrogens is 4. The van der Waals surface area contributed by atoms with Crippen LogP contribution in [0.2, 0.25) is 0 Å². The summed E-state index contributed by atoms with van der Waals surface area (Å²) in [6, 6.07) is 2.55. The lowest BCUT2D eigenvalue weighted by Gasteiger charge is -2.38. The molecule has 8 nitrogen and oxygen atoms in total. The Morgan fingerprint density at radius 1 is 1.18 bits per heavy atom. The average molecular weight is 484 g/mol. The molecular formula is C21H21F5N6O2. The van der Waals surface area contributed by atoms with Gasteiger partial charge in [0.05, 0.1) is 18.0 Å². The third kappa shape index (κ3) is 3.97. The zero-order valence-corrected chi connectivity index (χ0v) is 18.0. The van der Waals surface area contributed by atoms with Crippen LogP contribution in [0.1, 0.15) is 42.3 Å². The van der Waals surface area contributed by atoms with E-state index in [1.165, 1.54) is 0 Å². The second-order valence-electron chi connectivity index (χ2n) is 8.36. The van der Waals surface area contributed by atoms with Gasteiger partial charge < -0.3 is 19.5 Å². The quantitative estimate of drug-likeness (QED) is 0.567. The van der Waals surface area contributed by atoms with Crippen molar-refractivity contribution in [1.82, 2.24) is 24.6 Å². The van der Waals surface area contributed by atoms with Crippen molar-refractivity contribution >= 4 is 0 Å². The van der Waals surface area contributed by atoms with E-state index in [-0.39, 0.29) is 29.9 Å². The number of imidazole rings is 1. The molecule has 2 aliphatic heterocycles. The minimum atomic E-state index is -4.74. The maximum atomic E-state index is 14.2. The highest BCUT2D eigenvalue weighted by atomic mass is 19.4. The van der Waals surface area contributed by atoms with E-state index in [2.05, 4.69) is 20.1 Å². The lowest BCUT2D eigenvalue weighted by Crippen LogP contribution is -2.47. The summed E-state index contributed by atoms with van der Waals surface area (Å²) in [6.07, 6.45) is -5.00. The van der Waals surface area contributed by atoms with E-state index in [0.29, 0.717) is 31.7 Å². The van der Waals surface area contributed by atoms with Crippen LogP contribution in [0, 0.1) is 11.6 Å². The van der Waals surface area contributed by atoms with Gasteiger partial charge in [-0.3, -0.25) is 4.90 Å². The third-order valence-electron chi connectivity index (χ3n) is 6.22. The van der Waals surface area contributed by atoms with Crippen molar-refractivity contribution in [3.63, 3.8) is 0 Å². The Hall–Kier alpha value is -2.90. The summed E-state index contributed by atoms with van der Waals surface area (Å²) in [5, 5.41) is 6.59. The highest BCUT2D eigenvalue weighted by molar-refractivity contribution is 5.45. The molecule has 0 spiro atoms. The molecule has 13 heteroatoms. The highest BCUT2D eigenvalue weighted by Gasteiger charge is 2.40. The number of rotatable bonds is 4. The largest absolute Gasteiger partial charge is 0.470 e. The summed E-state index contributed by atoms with van der Waals surface area (Å²) in [5.41, 5.74) is 7.90. The van der Waals surface area contributed by atoms with Gasteiger partial charge in [-0.25, -0.2) is 13.8 Å². The Morgan fingerprint density at radius 3 is 2.65 bits per heavy atom. The monoisotopic (exact) mass is 484 g/mol. The highest BCUT2D eigenvalue weighted by Crippen LogP contribution is 2.36. The van der Waals surface area contributed by atoms with Crippen LogP contribution in [0.25, 0.3) is 11.7 Å². The molecule has 0 aliphatic carbocycles. The van der Waals surface area contributed by atoms with Gasteiger partial charge in [0.15, 0.2) is 5.82 Å². The minimum absolute atomic E-state index is 0.0916. The van der Waals surface area contributed by atoms with E-state index in [1.54, 1.807) is 4.57 Å². The van der Waals surface area contributed by atoms with Crippen LogP contribution in [0.4, 0.5) is 22.0 Å². The van der Waals surface area contributed by atoms with Crippen LogP contribution >= 0.6 is 0 Å². The summed E-state index contributed by atoms with van der Waals surface area (Å²) in [6.45, 7) is 3.44. The molecule has 3 atom stereocenters. The molecule has 4 heterocycles. The molecule has 5 rings (SSSR count). The van der Waals surface area contributed by atoms with Gasteiger partial charge in [0.2, 0.25) is 0 Å². The van der Waals surface area contributed by atoms with E-state index in [9.17, 15) is 22.0 Å². The maximum Gasteiger partial charge on any atom is 0.470 e. The predicted octanol–water partition coefficient (Wildman–Crippen LogP) is 3.42. The van der Waals surface area contributed by atoms with Crippen LogP contribution in [-0.2, 0) is 30.5 Å². The fraction of sp³-hybridized carbons (Fsp3) is 0.476. The van der Waals surface area contributed by atoms with Crippen LogP contribution in [0.3, 0.4) is 0 Å². The Kier molecular flexibility index (Phi) is 5.65. The first-order valence-corrected chi connectivity index (χ1v) is 10.7. The predicted molar refractivity (Wildman–Crippen MR) is 107 cm³/mol. The van der Waals surface area contributed by atoms with Gasteiger partial charge in [0.1, 0.15) is 17.7 Å². The standard InChI is InChI=1S/C21H21F5N6O2/c1-2-32-16-8-31(7-15(16)28-18(32)19-29-30-20(34-19)21(24,25)26)11-6-14(27)17(33-9-11)12-5-10(22)3-4-13(12)23/h3-5,11,14,17H,2,6-9,27H2,1H3/t11?,14-,17+/m0/s1. The molecule has 2 N–H and O–H groups in total. The second kappa shape index (κ2) is 8.40. The number of hydrogen-bond donors (Lipinski definition) is 1. The summed E-state index contributed by atoms with van der Waals surface area (Å²) in [7, 11) is 0. The van der Waals surface area contributed by atoms with Gasteiger partial charge in [-0.15, -0.1) is 10.2 Å². The summed E-state index contributed by atoms with van der Waals surface area (Å²) < 4.78 is 78.7. The summed E-state index contributed by atoms with van der Waals surface area (Å²) in [4.78, 5) is 6.57. The molecule has 2 aromatic heterocycles. The van der Waals surface area contributed by atoms with Crippen molar-refractivity contribution in [3.8, 4) is 11.7 Å². The van der Waals surface area contributed by atoms with Crippen molar-refractivity contribution < 1.29 is 31.1 Å². The van der Waals surface area contributed by atoms with Gasteiger partial charge in [-0.2, -0.15) is 13.2 Å². The molecule has 1 aromatic carbocycles. The third-order valence-corrected chi connectivity index (χ3v) is 6.22. The molecule has 1 saturated heterocycles. The maximum absolute atomic E-state index is 14.2. The molecule has 1 unspecified atom stereocenters. The fourth-order valence-corrected chi connectivity index (χ4v) is 4.62. The van der Waals surface area contributed by atoms with Gasteiger partial charge in [-0.05, 0) is 31.5 Å². The van der Waals surface area contributed by atoms with E-state index in [4.69, 9.17) is 14.9 Å². The molecule has 0 amide bonds. The molecule has 34 heavy (non-hydrogen) atoms. The zero-order valence-electron chi connectivity index (χ0n) is 18.0. The lowest BCUT2D eigenvalue weighted by atomic mass is 9.93. The van der Waals surface area contributed by atoms with Crippen molar-refractivity contribution in [3.05, 3.63) is 52.7 Å². The van der Waals surface area contributed by atoms with Gasteiger partial charge >= 0.3 is 12.1 Å². The van der Waals surface area contributed by atoms with Crippen molar-refractivity contribution in [1.29, 1.82) is 0 Å². The molecule has 182 valence electrons. The van der Waals surface area contributed by atoms with E-state index in [1.807, 2.05) is 6.92 Å². The first-order valence-electron chi connectivity index (χ1n) is 10.7. The van der Waals surface area contributed by atoms with Crippen molar-refractivity contribution in [2.75, 3.05) is 6.61 Å². The zero-order chi connectivity index (χ0) is 24.2. The molecule has 0 radical (unpaired) electrons. The molecule has 2 aliphatic rings. The number of nitrogens with zero attached hydrogens (tertiary/aromatic N) is 5. The Morgan fingerprint density at radius 2 is 1.97 bits per heavy atom. The molecule has 3 aromatic rings. The first kappa shape index (κ1) is 22.9. The number of halogens is 5. The number of fused-ring (bicyclic) bond motifs is 1. The minimum Gasteiger partial charge on any atom is -0.410 e. The lowest BCUT2D eigenvalue weighted by molar-refractivity contribution is -0.157. The van der Waals surface area contributed by atoms with Crippen LogP contribution in [0.15, 0.2) is 22.6 Å². The SMILES string of the molecule is CCn1c(-c2nnc(C(F)(F)F)o2)nc2c1CN(C1CO[C@H](c3cc(F)ccc3F)[C@@H](N)C1)C2. The Balaban J connectivity index is 1.31. The van der Waals surface area contributed by atoms with Crippen LogP contribution in [-0.4, -0.2) is 43.3 Å². The number of nitrogens with two attached hydrogens (primary N) is 1. The molecular weight excluding hydrogens is 463 g/mol. The summed E-state index contributed by atoms with van der Waals surface area (Å²) >= 11 is 0. The van der Waals surface area contributed by atoms with Gasteiger partial charge in [-0.1, -0.05) is 0 Å². The number of benzene rings is 1. The molecule has 0 bridgehead atoms. The summed E-state index contributed by atoms with van der Waals surface area (Å²) in [5.74, 6) is -2.66. The number of hydrogen-bond acceptors (Lipinski definition) is 7. The second-order valence-corrected chi connectivity index (χ2v) is 8.36. The topological polar surface area (TPSA) is 95.2 Å². The fourth-order valence-electron chi connectivity index (χ4n) is 4.62. The van der Waals surface area contributed by atoms with E-state index in [0.717, 1.165) is 23.9 Å². The van der Waals surface area contributed by atoms with Crippen molar-refractivity contribution in [2.24, 2.45) is 5.73 Å². The van der Waals surface area contributed by atoms with Gasteiger partial charge in [0.25, 0.3) is 5.89 Å². The molecule has 0 saturated carbocycles. The van der Waals surface area contributed by atoms with E-state index < -0.39 is 35.8 Å². The number of ether oxygens (including phenoxy) is 1. The smallest absolute Gasteiger partial charge is 0.410 e. The molecule has 1 fully saturated rings. The average Bonchev–Trinajstić information content (AvgIpc) is 3.49. The Bertz CT molecular complexity index is 1210. The first-order chi connectivity index (χ1) is 16.2.